The van der Waals surface area contributed by atoms with Crippen molar-refractivity contribution in [2.75, 3.05) is 10.6 Å². The number of benzene rings is 3. The van der Waals surface area contributed by atoms with Crippen LogP contribution in [0.5, 0.6) is 0 Å². The highest BCUT2D eigenvalue weighted by atomic mass is 16.6. The average molecular weight is 443 g/mol. The molecule has 0 radical (unpaired) electrons. The minimum absolute atomic E-state index is 0.0671. The first kappa shape index (κ1) is 21.4. The van der Waals surface area contributed by atoms with E-state index in [9.17, 15) is 19.7 Å². The second-order valence-electron chi connectivity index (χ2n) is 6.96. The molecule has 1 aromatic heterocycles. The second kappa shape index (κ2) is 9.52. The fraction of sp³-hybridized carbons (Fsp3) is 0.0435. The lowest BCUT2D eigenvalue weighted by Gasteiger charge is -2.07. The summed E-state index contributed by atoms with van der Waals surface area (Å²) in [6.07, 6.45) is 0.213. The lowest BCUT2D eigenvalue weighted by atomic mass is 10.1. The van der Waals surface area contributed by atoms with Gasteiger partial charge < -0.3 is 9.73 Å². The van der Waals surface area contributed by atoms with Crippen molar-refractivity contribution in [1.82, 2.24) is 10.2 Å². The van der Waals surface area contributed by atoms with Crippen LogP contribution in [-0.4, -0.2) is 26.9 Å². The number of hydrogen-bond acceptors (Lipinski definition) is 7. The van der Waals surface area contributed by atoms with Gasteiger partial charge in [0.2, 0.25) is 11.8 Å². The average Bonchev–Trinajstić information content (AvgIpc) is 3.28. The predicted octanol–water partition coefficient (Wildman–Crippen LogP) is 4.08. The van der Waals surface area contributed by atoms with E-state index in [1.54, 1.807) is 18.2 Å². The van der Waals surface area contributed by atoms with Crippen molar-refractivity contribution in [2.24, 2.45) is 0 Å². The number of nitro groups is 1. The molecule has 10 nitrogen and oxygen atoms in total. The van der Waals surface area contributed by atoms with Crippen LogP contribution in [0.4, 0.5) is 17.4 Å². The first-order chi connectivity index (χ1) is 16.0. The van der Waals surface area contributed by atoms with E-state index in [0.29, 0.717) is 11.3 Å². The van der Waals surface area contributed by atoms with E-state index in [1.165, 1.54) is 30.3 Å². The van der Waals surface area contributed by atoms with Crippen LogP contribution in [0.25, 0.3) is 11.5 Å². The van der Waals surface area contributed by atoms with Crippen LogP contribution in [0.15, 0.2) is 83.3 Å². The van der Waals surface area contributed by atoms with Crippen LogP contribution in [0.2, 0.25) is 0 Å². The number of nitrogens with zero attached hydrogens (tertiary/aromatic N) is 3. The molecule has 4 aromatic rings. The number of carbonyl (C=O) groups excluding carboxylic acids is 2. The van der Waals surface area contributed by atoms with Gasteiger partial charge in [0.05, 0.1) is 11.3 Å². The van der Waals surface area contributed by atoms with Crippen molar-refractivity contribution in [2.45, 2.75) is 6.42 Å². The Morgan fingerprint density at radius 1 is 0.909 bits per heavy atom. The Morgan fingerprint density at radius 2 is 1.67 bits per heavy atom. The molecule has 0 bridgehead atoms. The van der Waals surface area contributed by atoms with Crippen LogP contribution in [-0.2, 0) is 11.2 Å². The van der Waals surface area contributed by atoms with Gasteiger partial charge in [0.1, 0.15) is 0 Å². The molecule has 164 valence electrons. The maximum atomic E-state index is 12.6. The zero-order valence-corrected chi connectivity index (χ0v) is 17.1. The summed E-state index contributed by atoms with van der Waals surface area (Å²) in [6.45, 7) is 0. The van der Waals surface area contributed by atoms with Crippen molar-refractivity contribution < 1.29 is 18.9 Å². The maximum absolute atomic E-state index is 12.6. The third-order valence-corrected chi connectivity index (χ3v) is 4.59. The number of amides is 2. The summed E-state index contributed by atoms with van der Waals surface area (Å²) in [4.78, 5) is 35.1. The summed E-state index contributed by atoms with van der Waals surface area (Å²) < 4.78 is 5.43. The molecular weight excluding hydrogens is 426 g/mol. The third-order valence-electron chi connectivity index (χ3n) is 4.59. The molecule has 3 aromatic carbocycles. The Labute approximate surface area is 187 Å². The van der Waals surface area contributed by atoms with Gasteiger partial charge >= 0.3 is 6.01 Å². The summed E-state index contributed by atoms with van der Waals surface area (Å²) in [5, 5.41) is 23.7. The molecule has 0 atom stereocenters. The lowest BCUT2D eigenvalue weighted by Crippen LogP contribution is -2.16. The van der Waals surface area contributed by atoms with Gasteiger partial charge in [-0.1, -0.05) is 41.5 Å². The molecule has 10 heteroatoms. The third kappa shape index (κ3) is 5.44. The van der Waals surface area contributed by atoms with Crippen LogP contribution < -0.4 is 10.6 Å². The van der Waals surface area contributed by atoms with Crippen LogP contribution in [0, 0.1) is 10.1 Å². The van der Waals surface area contributed by atoms with Crippen molar-refractivity contribution >= 4 is 29.2 Å². The van der Waals surface area contributed by atoms with E-state index >= 15 is 0 Å². The van der Waals surface area contributed by atoms with Gasteiger partial charge in [-0.3, -0.25) is 25.0 Å². The highest BCUT2D eigenvalue weighted by molar-refractivity contribution is 6.04. The second-order valence-corrected chi connectivity index (χ2v) is 6.96. The Morgan fingerprint density at radius 3 is 2.39 bits per heavy atom. The molecule has 4 rings (SSSR count). The topological polar surface area (TPSA) is 140 Å². The van der Waals surface area contributed by atoms with Gasteiger partial charge in [0.15, 0.2) is 0 Å². The van der Waals surface area contributed by atoms with Crippen LogP contribution in [0.1, 0.15) is 15.9 Å². The van der Waals surface area contributed by atoms with Gasteiger partial charge in [0, 0.05) is 28.9 Å². The molecule has 0 aliphatic carbocycles. The molecular formula is C23H17N5O5. The number of non-ortho nitro benzene ring substituents is 1. The first-order valence-corrected chi connectivity index (χ1v) is 9.81. The minimum atomic E-state index is -0.512. The summed E-state index contributed by atoms with van der Waals surface area (Å²) in [7, 11) is 0. The molecule has 0 aliphatic rings. The van der Waals surface area contributed by atoms with Gasteiger partial charge in [-0.05, 0) is 35.9 Å². The zero-order valence-electron chi connectivity index (χ0n) is 17.1. The summed E-state index contributed by atoms with van der Waals surface area (Å²) in [5.41, 5.74) is 2.03. The molecule has 33 heavy (non-hydrogen) atoms. The number of rotatable bonds is 7. The number of aromatic nitrogens is 2. The van der Waals surface area contributed by atoms with E-state index in [4.69, 9.17) is 4.42 Å². The largest absolute Gasteiger partial charge is 0.403 e. The highest BCUT2D eigenvalue weighted by Crippen LogP contribution is 2.23. The van der Waals surface area contributed by atoms with Crippen LogP contribution >= 0.6 is 0 Å². The number of nitrogens with one attached hydrogen (secondary N) is 2. The van der Waals surface area contributed by atoms with Crippen molar-refractivity contribution in [3.05, 3.63) is 100 Å². The van der Waals surface area contributed by atoms with Crippen molar-refractivity contribution in [1.29, 1.82) is 0 Å². The van der Waals surface area contributed by atoms with E-state index < -0.39 is 10.8 Å². The molecule has 0 spiro atoms. The number of nitro benzene ring substituents is 1. The molecule has 0 saturated carbocycles. The van der Waals surface area contributed by atoms with Gasteiger partial charge in [-0.2, -0.15) is 0 Å². The quantitative estimate of drug-likeness (QED) is 0.324. The summed E-state index contributed by atoms with van der Waals surface area (Å²) in [6, 6.07) is 21.2. The van der Waals surface area contributed by atoms with E-state index in [-0.39, 0.29) is 35.5 Å². The highest BCUT2D eigenvalue weighted by Gasteiger charge is 2.15. The van der Waals surface area contributed by atoms with E-state index in [0.717, 1.165) is 5.56 Å². The molecule has 2 amide bonds. The fourth-order valence-corrected chi connectivity index (χ4v) is 3.01. The number of carbonyl (C=O) groups is 2. The first-order valence-electron chi connectivity index (χ1n) is 9.81. The molecule has 0 fully saturated rings. The normalized spacial score (nSPS) is 10.4. The predicted molar refractivity (Wildman–Crippen MR) is 120 cm³/mol. The molecule has 0 aliphatic heterocycles. The van der Waals surface area contributed by atoms with E-state index in [2.05, 4.69) is 20.8 Å². The van der Waals surface area contributed by atoms with Gasteiger partial charge in [0.25, 0.3) is 11.6 Å². The number of hydrogen-bond donors (Lipinski definition) is 2. The Balaban J connectivity index is 1.40. The monoisotopic (exact) mass is 443 g/mol. The fourth-order valence-electron chi connectivity index (χ4n) is 3.01. The molecule has 2 N–H and O–H groups in total. The SMILES string of the molecule is O=C(Cc1ccccc1)Nc1cccc(C(=O)Nc2nnc(-c3ccc([N+](=O)[O-])cc3)o2)c1. The van der Waals surface area contributed by atoms with Crippen molar-refractivity contribution in [3.63, 3.8) is 0 Å². The van der Waals surface area contributed by atoms with Gasteiger partial charge in [-0.25, -0.2) is 0 Å². The smallest absolute Gasteiger partial charge is 0.322 e. The number of anilines is 2. The maximum Gasteiger partial charge on any atom is 0.322 e. The van der Waals surface area contributed by atoms with Crippen molar-refractivity contribution in [3.8, 4) is 11.5 Å². The standard InChI is InChI=1S/C23H17N5O5/c29-20(13-15-5-2-1-3-6-15)24-18-8-4-7-17(14-18)21(30)25-23-27-26-22(33-23)16-9-11-19(12-10-16)28(31)32/h1-12,14H,13H2,(H,24,29)(H,25,27,30). The minimum Gasteiger partial charge on any atom is -0.403 e. The molecule has 1 heterocycles. The van der Waals surface area contributed by atoms with Gasteiger partial charge in [-0.15, -0.1) is 5.10 Å². The summed E-state index contributed by atoms with van der Waals surface area (Å²) >= 11 is 0. The molecule has 0 saturated heterocycles. The molecule has 0 unspecified atom stereocenters. The van der Waals surface area contributed by atoms with E-state index in [1.807, 2.05) is 30.3 Å². The zero-order chi connectivity index (χ0) is 23.2. The summed E-state index contributed by atoms with van der Waals surface area (Å²) in [5.74, 6) is -0.612. The Bertz CT molecular complexity index is 1300. The Hall–Kier alpha value is -4.86. The lowest BCUT2D eigenvalue weighted by molar-refractivity contribution is -0.384. The van der Waals surface area contributed by atoms with Crippen LogP contribution in [0.3, 0.4) is 0 Å². The Kier molecular flexibility index (Phi) is 6.17.